The van der Waals surface area contributed by atoms with Gasteiger partial charge in [-0.15, -0.1) is 0 Å². The molecule has 2 rings (SSSR count). The summed E-state index contributed by atoms with van der Waals surface area (Å²) in [7, 11) is 1.72. The second-order valence-electron chi connectivity index (χ2n) is 5.78. The van der Waals surface area contributed by atoms with Crippen molar-refractivity contribution >= 4 is 17.6 Å². The highest BCUT2D eigenvalue weighted by Crippen LogP contribution is 2.29. The topological polar surface area (TPSA) is 73.2 Å². The third-order valence-electron chi connectivity index (χ3n) is 3.84. The molecule has 0 aliphatic carbocycles. The molecule has 140 valence electrons. The van der Waals surface area contributed by atoms with Crippen LogP contribution in [0.25, 0.3) is 0 Å². The van der Waals surface area contributed by atoms with Gasteiger partial charge in [0, 0.05) is 7.05 Å². The number of aromatic nitrogens is 2. The van der Waals surface area contributed by atoms with Crippen LogP contribution in [0.5, 0.6) is 0 Å². The number of nitrogens with zero attached hydrogens (tertiary/aromatic N) is 2. The summed E-state index contributed by atoms with van der Waals surface area (Å²) < 4.78 is 44.7. The summed E-state index contributed by atoms with van der Waals surface area (Å²) in [4.78, 5) is 24.3. The maximum absolute atomic E-state index is 12.7. The molecule has 0 saturated carbocycles. The van der Waals surface area contributed by atoms with E-state index < -0.39 is 29.7 Å². The number of hydrogen-bond acceptors (Lipinski definition) is 4. The van der Waals surface area contributed by atoms with E-state index in [0.717, 1.165) is 12.1 Å². The molecule has 0 bridgehead atoms. The first kappa shape index (κ1) is 19.5. The van der Waals surface area contributed by atoms with Crippen molar-refractivity contribution in [2.45, 2.75) is 33.1 Å². The molecule has 6 nitrogen and oxygen atoms in total. The van der Waals surface area contributed by atoms with Crippen LogP contribution in [0.15, 0.2) is 24.3 Å². The molecular weight excluding hydrogens is 351 g/mol. The molecule has 1 atom stereocenters. The van der Waals surface area contributed by atoms with E-state index in [0.29, 0.717) is 23.1 Å². The van der Waals surface area contributed by atoms with Crippen LogP contribution < -0.4 is 5.32 Å². The normalized spacial score (nSPS) is 12.6. The highest BCUT2D eigenvalue weighted by atomic mass is 19.4. The second kappa shape index (κ2) is 7.19. The zero-order valence-corrected chi connectivity index (χ0v) is 14.6. The lowest BCUT2D eigenvalue weighted by Gasteiger charge is -2.14. The van der Waals surface area contributed by atoms with Gasteiger partial charge in [0.05, 0.1) is 28.2 Å². The van der Waals surface area contributed by atoms with Crippen LogP contribution in [-0.2, 0) is 22.8 Å². The fourth-order valence-electron chi connectivity index (χ4n) is 2.28. The Kier molecular flexibility index (Phi) is 5.38. The fraction of sp³-hybridized carbons (Fsp3) is 0.353. The van der Waals surface area contributed by atoms with Crippen LogP contribution in [0, 0.1) is 13.8 Å². The highest BCUT2D eigenvalue weighted by Gasteiger charge is 2.31. The lowest BCUT2D eigenvalue weighted by atomic mass is 10.1. The first-order chi connectivity index (χ1) is 12.0. The van der Waals surface area contributed by atoms with E-state index in [9.17, 15) is 22.8 Å². The van der Waals surface area contributed by atoms with E-state index in [4.69, 9.17) is 4.74 Å². The second-order valence-corrected chi connectivity index (χ2v) is 5.78. The summed E-state index contributed by atoms with van der Waals surface area (Å²) in [5.74, 6) is -1.62. The molecule has 26 heavy (non-hydrogen) atoms. The first-order valence-corrected chi connectivity index (χ1v) is 7.70. The van der Waals surface area contributed by atoms with Gasteiger partial charge in [-0.05, 0) is 39.0 Å². The van der Waals surface area contributed by atoms with Gasteiger partial charge < -0.3 is 10.1 Å². The van der Waals surface area contributed by atoms with Crippen LogP contribution in [0.4, 0.5) is 18.9 Å². The van der Waals surface area contributed by atoms with Crippen LogP contribution in [0.3, 0.4) is 0 Å². The molecule has 0 aliphatic rings. The number of hydrogen-bond donors (Lipinski definition) is 1. The molecule has 1 heterocycles. The Morgan fingerprint density at radius 3 is 2.46 bits per heavy atom. The summed E-state index contributed by atoms with van der Waals surface area (Å²) >= 11 is 0. The van der Waals surface area contributed by atoms with Crippen molar-refractivity contribution < 1.29 is 27.5 Å². The number of carbonyl (C=O) groups excluding carboxylic acids is 2. The number of rotatable bonds is 4. The quantitative estimate of drug-likeness (QED) is 0.840. The summed E-state index contributed by atoms with van der Waals surface area (Å²) in [6.07, 6.45) is -5.77. The third kappa shape index (κ3) is 4.22. The minimum Gasteiger partial charge on any atom is -0.449 e. The minimum atomic E-state index is -4.57. The number of halogens is 3. The van der Waals surface area contributed by atoms with Gasteiger partial charge in [-0.1, -0.05) is 6.07 Å². The minimum absolute atomic E-state index is 0.284. The van der Waals surface area contributed by atoms with Crippen molar-refractivity contribution in [3.05, 3.63) is 46.8 Å². The largest absolute Gasteiger partial charge is 0.449 e. The number of amides is 1. The van der Waals surface area contributed by atoms with Crippen molar-refractivity contribution in [1.82, 2.24) is 9.78 Å². The Bertz CT molecular complexity index is 844. The predicted octanol–water partition coefficient (Wildman–Crippen LogP) is 3.24. The SMILES string of the molecule is Cc1nn(C)c(C)c1NC(=O)[C@@H](C)OC(=O)c1cccc(C(F)(F)F)c1. The first-order valence-electron chi connectivity index (χ1n) is 7.70. The number of carbonyl (C=O) groups is 2. The number of nitrogens with one attached hydrogen (secondary N) is 1. The zero-order valence-electron chi connectivity index (χ0n) is 14.6. The lowest BCUT2D eigenvalue weighted by molar-refractivity contribution is -0.137. The molecule has 0 radical (unpaired) electrons. The maximum atomic E-state index is 12.7. The average molecular weight is 369 g/mol. The molecule has 0 unspecified atom stereocenters. The lowest BCUT2D eigenvalue weighted by Crippen LogP contribution is -2.30. The van der Waals surface area contributed by atoms with Gasteiger partial charge in [-0.2, -0.15) is 18.3 Å². The van der Waals surface area contributed by atoms with E-state index in [1.807, 2.05) is 0 Å². The van der Waals surface area contributed by atoms with Gasteiger partial charge in [-0.25, -0.2) is 4.79 Å². The van der Waals surface area contributed by atoms with E-state index in [-0.39, 0.29) is 5.56 Å². The molecule has 1 N–H and O–H groups in total. The van der Waals surface area contributed by atoms with Gasteiger partial charge in [0.15, 0.2) is 6.10 Å². The Morgan fingerprint density at radius 1 is 1.27 bits per heavy atom. The third-order valence-corrected chi connectivity index (χ3v) is 3.84. The number of anilines is 1. The van der Waals surface area contributed by atoms with Gasteiger partial charge in [-0.3, -0.25) is 9.48 Å². The Morgan fingerprint density at radius 2 is 1.92 bits per heavy atom. The average Bonchev–Trinajstić information content (AvgIpc) is 2.80. The number of benzene rings is 1. The van der Waals surface area contributed by atoms with Crippen molar-refractivity contribution in [2.24, 2.45) is 7.05 Å². The molecule has 0 fully saturated rings. The molecule has 9 heteroatoms. The van der Waals surface area contributed by atoms with Gasteiger partial charge in [0.25, 0.3) is 5.91 Å². The standard InChI is InChI=1S/C17H18F3N3O3/c1-9-14(10(2)23(4)22-9)21-15(24)11(3)26-16(25)12-6-5-7-13(8-12)17(18,19)20/h5-8,11H,1-4H3,(H,21,24)/t11-/m1/s1. The van der Waals surface area contributed by atoms with Gasteiger partial charge in [0.1, 0.15) is 0 Å². The van der Waals surface area contributed by atoms with Crippen molar-refractivity contribution in [3.8, 4) is 0 Å². The number of alkyl halides is 3. The molecule has 0 spiro atoms. The summed E-state index contributed by atoms with van der Waals surface area (Å²) in [6.45, 7) is 4.80. The zero-order chi connectivity index (χ0) is 19.6. The van der Waals surface area contributed by atoms with Crippen LogP contribution in [0.1, 0.15) is 34.2 Å². The van der Waals surface area contributed by atoms with E-state index in [2.05, 4.69) is 10.4 Å². The smallest absolute Gasteiger partial charge is 0.416 e. The van der Waals surface area contributed by atoms with Gasteiger partial charge >= 0.3 is 12.1 Å². The number of aryl methyl sites for hydroxylation is 2. The molecule has 1 aromatic carbocycles. The van der Waals surface area contributed by atoms with E-state index in [1.165, 1.54) is 13.0 Å². The predicted molar refractivity (Wildman–Crippen MR) is 87.6 cm³/mol. The van der Waals surface area contributed by atoms with Crippen LogP contribution in [0.2, 0.25) is 0 Å². The van der Waals surface area contributed by atoms with Crippen LogP contribution in [-0.4, -0.2) is 27.8 Å². The molecular formula is C17H18F3N3O3. The van der Waals surface area contributed by atoms with Crippen LogP contribution >= 0.6 is 0 Å². The summed E-state index contributed by atoms with van der Waals surface area (Å²) in [5.41, 5.74) is 0.556. The molecule has 1 aromatic heterocycles. The van der Waals surface area contributed by atoms with E-state index >= 15 is 0 Å². The molecule has 0 aliphatic heterocycles. The summed E-state index contributed by atoms with van der Waals surface area (Å²) in [6, 6.07) is 3.83. The molecule has 0 saturated heterocycles. The van der Waals surface area contributed by atoms with Crippen molar-refractivity contribution in [2.75, 3.05) is 5.32 Å². The Hall–Kier alpha value is -2.84. The highest BCUT2D eigenvalue weighted by molar-refractivity contribution is 5.98. The Labute approximate surface area is 147 Å². The van der Waals surface area contributed by atoms with Gasteiger partial charge in [0.2, 0.25) is 0 Å². The summed E-state index contributed by atoms with van der Waals surface area (Å²) in [5, 5.41) is 6.76. The Balaban J connectivity index is 2.08. The monoisotopic (exact) mass is 369 g/mol. The van der Waals surface area contributed by atoms with E-state index in [1.54, 1.807) is 25.6 Å². The molecule has 2 aromatic rings. The van der Waals surface area contributed by atoms with Crippen molar-refractivity contribution in [1.29, 1.82) is 0 Å². The fourth-order valence-corrected chi connectivity index (χ4v) is 2.28. The maximum Gasteiger partial charge on any atom is 0.416 e. The number of ether oxygens (including phenoxy) is 1. The van der Waals surface area contributed by atoms with Crippen molar-refractivity contribution in [3.63, 3.8) is 0 Å². The number of esters is 1. The molecule has 1 amide bonds.